The molecule has 1 aliphatic heterocycles. The first kappa shape index (κ1) is 43.1. The van der Waals surface area contributed by atoms with Crippen molar-refractivity contribution in [3.05, 3.63) is 78.1 Å². The highest BCUT2D eigenvalue weighted by Gasteiger charge is 2.53. The normalized spacial score (nSPS) is 19.5. The quantitative estimate of drug-likeness (QED) is 0.0303. The molecule has 5 atom stereocenters. The van der Waals surface area contributed by atoms with Crippen LogP contribution in [0.15, 0.2) is 54.9 Å². The molecule has 3 N–H and O–H groups in total. The van der Waals surface area contributed by atoms with E-state index in [1.807, 2.05) is 0 Å². The first-order valence-corrected chi connectivity index (χ1v) is 20.2. The number of imidazole rings is 1. The lowest BCUT2D eigenvalue weighted by atomic mass is 9.98. The molecule has 2 aromatic carbocycles. The van der Waals surface area contributed by atoms with E-state index in [4.69, 9.17) is 35.4 Å². The van der Waals surface area contributed by atoms with Gasteiger partial charge >= 0.3 is 25.8 Å². The predicted molar refractivity (Wildman–Crippen MR) is 203 cm³/mol. The van der Waals surface area contributed by atoms with Crippen molar-refractivity contribution in [2.75, 3.05) is 12.3 Å². The lowest BCUT2D eigenvalue weighted by Gasteiger charge is -2.31. The van der Waals surface area contributed by atoms with Crippen LogP contribution >= 0.6 is 7.75 Å². The molecule has 1 saturated heterocycles. The summed E-state index contributed by atoms with van der Waals surface area (Å²) in [6.07, 6.45) is 8.44. The van der Waals surface area contributed by atoms with Gasteiger partial charge in [0.05, 0.1) is 12.4 Å². The smallest absolute Gasteiger partial charge is 0.459 e. The van der Waals surface area contributed by atoms with E-state index in [1.165, 1.54) is 23.0 Å². The largest absolute Gasteiger partial charge is 0.462 e. The molecule has 0 unspecified atom stereocenters. The lowest BCUT2D eigenvalue weighted by Crippen LogP contribution is -2.46. The van der Waals surface area contributed by atoms with Gasteiger partial charge in [-0.05, 0) is 56.5 Å². The molecule has 57 heavy (non-hydrogen) atoms. The number of rotatable bonds is 20. The van der Waals surface area contributed by atoms with Crippen molar-refractivity contribution < 1.29 is 50.6 Å². The third-order valence-electron chi connectivity index (χ3n) is 9.00. The van der Waals surface area contributed by atoms with Crippen molar-refractivity contribution >= 4 is 36.7 Å². The summed E-state index contributed by atoms with van der Waals surface area (Å²) < 4.78 is 88.5. The van der Waals surface area contributed by atoms with Crippen molar-refractivity contribution in [1.82, 2.24) is 24.6 Å². The summed E-state index contributed by atoms with van der Waals surface area (Å²) in [5.74, 6) is -0.969. The topological polar surface area (TPSA) is 179 Å². The van der Waals surface area contributed by atoms with E-state index < -0.39 is 80.5 Å². The van der Waals surface area contributed by atoms with E-state index in [1.54, 1.807) is 32.0 Å². The number of nitrogen functional groups attached to an aromatic ring is 1. The second kappa shape index (κ2) is 19.4. The van der Waals surface area contributed by atoms with Gasteiger partial charge in [0.2, 0.25) is 0 Å². The number of aromatic nitrogens is 4. The molecule has 3 heterocycles. The standard InChI is InChI=1S/C39H46F3N6O8P/c1-5-7-8-9-10-14-17-33(49)54-31-22-32(48-24-44-34-35(43)45-38(42)46-36(34)48)55-39(31,6-2)23-52-57(51,56-29-15-12-11-13-16-29)47-30(37(50)53-25(3)4)20-26-18-27(40)21-28(41)19-26/h2,11-13,15-16,18-19,21,24-25,30-32H,5,7-10,14,17,20,22-23H2,1,3-4H3,(H,47,51)(H2,43,45,46)/t30-,31-,32+,39+,57-/m0/s1. The van der Waals surface area contributed by atoms with E-state index in [-0.39, 0.29) is 41.1 Å². The Morgan fingerprint density at radius 3 is 2.47 bits per heavy atom. The molecule has 0 saturated carbocycles. The number of carbonyl (C=O) groups excluding carboxylic acids is 2. The number of unbranched alkanes of at least 4 members (excludes halogenated alkanes) is 5. The van der Waals surface area contributed by atoms with Gasteiger partial charge in [0, 0.05) is 18.9 Å². The minimum absolute atomic E-state index is 0.0315. The van der Waals surface area contributed by atoms with Crippen LogP contribution in [0.3, 0.4) is 0 Å². The molecule has 0 bridgehead atoms. The number of ether oxygens (including phenoxy) is 3. The number of anilines is 1. The number of para-hydroxylation sites is 1. The number of esters is 2. The van der Waals surface area contributed by atoms with Gasteiger partial charge in [0.25, 0.3) is 0 Å². The van der Waals surface area contributed by atoms with Crippen molar-refractivity contribution in [1.29, 1.82) is 0 Å². The highest BCUT2D eigenvalue weighted by atomic mass is 31.2. The van der Waals surface area contributed by atoms with Crippen molar-refractivity contribution in [2.45, 2.75) is 109 Å². The summed E-state index contributed by atoms with van der Waals surface area (Å²) >= 11 is 0. The molecule has 0 amide bonds. The van der Waals surface area contributed by atoms with Gasteiger partial charge in [-0.2, -0.15) is 19.4 Å². The Hall–Kier alpha value is -5.01. The minimum Gasteiger partial charge on any atom is -0.462 e. The number of nitrogens with two attached hydrogens (primary N) is 1. The lowest BCUT2D eigenvalue weighted by molar-refractivity contribution is -0.158. The Labute approximate surface area is 328 Å². The number of halogens is 3. The Balaban J connectivity index is 1.47. The van der Waals surface area contributed by atoms with E-state index >= 15 is 0 Å². The SMILES string of the molecule is C#C[C@]1(CO[P@@](=O)(N[C@@H](Cc2cc(F)cc(F)c2)C(=O)OC(C)C)Oc2ccccc2)O[C@@H](n2cnc3c(N)nc(F)nc32)C[C@@H]1OC(=O)CCCCCCCC. The average molecular weight is 815 g/mol. The van der Waals surface area contributed by atoms with E-state index in [0.29, 0.717) is 12.5 Å². The summed E-state index contributed by atoms with van der Waals surface area (Å²) in [6.45, 7) is 4.52. The number of nitrogens with one attached hydrogen (secondary N) is 1. The molecule has 1 fully saturated rings. The predicted octanol–water partition coefficient (Wildman–Crippen LogP) is 7.14. The molecule has 0 radical (unpaired) electrons. The number of hydrogen-bond donors (Lipinski definition) is 2. The second-order valence-corrected chi connectivity index (χ2v) is 15.6. The number of fused-ring (bicyclic) bond motifs is 1. The zero-order chi connectivity index (χ0) is 41.2. The number of carbonyl (C=O) groups is 2. The number of hydrogen-bond acceptors (Lipinski definition) is 12. The highest BCUT2D eigenvalue weighted by Crippen LogP contribution is 2.49. The van der Waals surface area contributed by atoms with Crippen molar-refractivity contribution in [2.24, 2.45) is 0 Å². The average Bonchev–Trinajstić information content (AvgIpc) is 3.73. The van der Waals surface area contributed by atoms with Gasteiger partial charge in [-0.15, -0.1) is 6.42 Å². The van der Waals surface area contributed by atoms with Crippen LogP contribution in [-0.2, 0) is 39.3 Å². The van der Waals surface area contributed by atoms with E-state index in [9.17, 15) is 27.3 Å². The van der Waals surface area contributed by atoms with E-state index in [2.05, 4.69) is 32.9 Å². The number of terminal acetylenes is 1. The van der Waals surface area contributed by atoms with Gasteiger partial charge < -0.3 is 24.5 Å². The molecule has 0 aliphatic carbocycles. The van der Waals surface area contributed by atoms with Crippen LogP contribution in [0.25, 0.3) is 11.2 Å². The third-order valence-corrected chi connectivity index (χ3v) is 10.5. The minimum atomic E-state index is -4.75. The zero-order valence-corrected chi connectivity index (χ0v) is 32.8. The Morgan fingerprint density at radius 2 is 1.79 bits per heavy atom. The number of benzene rings is 2. The molecule has 4 aromatic rings. The Bertz CT molecular complexity index is 2080. The first-order valence-electron chi connectivity index (χ1n) is 18.7. The molecule has 2 aromatic heterocycles. The van der Waals surface area contributed by atoms with Gasteiger partial charge in [-0.3, -0.25) is 18.7 Å². The van der Waals surface area contributed by atoms with Crippen LogP contribution in [0.5, 0.6) is 5.75 Å². The van der Waals surface area contributed by atoms with Crippen LogP contribution in [0.4, 0.5) is 19.0 Å². The van der Waals surface area contributed by atoms with Crippen LogP contribution in [-0.4, -0.2) is 61.9 Å². The third kappa shape index (κ3) is 11.5. The summed E-state index contributed by atoms with van der Waals surface area (Å²) in [5, 5.41) is 2.59. The Morgan fingerprint density at radius 1 is 1.09 bits per heavy atom. The maximum atomic E-state index is 14.8. The molecule has 14 nitrogen and oxygen atoms in total. The maximum absolute atomic E-state index is 14.8. The zero-order valence-electron chi connectivity index (χ0n) is 31.9. The molecular weight excluding hydrogens is 768 g/mol. The fourth-order valence-corrected chi connectivity index (χ4v) is 7.80. The monoisotopic (exact) mass is 814 g/mol. The van der Waals surface area contributed by atoms with Gasteiger partial charge in [-0.1, -0.05) is 63.1 Å². The summed E-state index contributed by atoms with van der Waals surface area (Å²) in [5.41, 5.74) is 4.00. The second-order valence-electron chi connectivity index (χ2n) is 13.9. The van der Waals surface area contributed by atoms with Crippen LogP contribution in [0.1, 0.15) is 83.9 Å². The number of nitrogens with zero attached hydrogens (tertiary/aromatic N) is 4. The van der Waals surface area contributed by atoms with Crippen LogP contribution in [0.2, 0.25) is 0 Å². The highest BCUT2D eigenvalue weighted by molar-refractivity contribution is 7.52. The molecule has 306 valence electrons. The summed E-state index contributed by atoms with van der Waals surface area (Å²) in [7, 11) is -4.75. The molecular formula is C39H46F3N6O8P. The molecule has 18 heteroatoms. The first-order chi connectivity index (χ1) is 27.2. The van der Waals surface area contributed by atoms with Crippen molar-refractivity contribution in [3.63, 3.8) is 0 Å². The van der Waals surface area contributed by atoms with Crippen molar-refractivity contribution in [3.8, 4) is 18.1 Å². The van der Waals surface area contributed by atoms with Crippen LogP contribution in [0, 0.1) is 30.1 Å². The summed E-state index contributed by atoms with van der Waals surface area (Å²) in [4.78, 5) is 38.2. The molecule has 1 aliphatic rings. The molecule has 0 spiro atoms. The fourth-order valence-electron chi connectivity index (χ4n) is 6.28. The fraction of sp³-hybridized carbons (Fsp3) is 0.462. The Kier molecular flexibility index (Phi) is 14.7. The van der Waals surface area contributed by atoms with Gasteiger partial charge in [0.1, 0.15) is 42.4 Å². The van der Waals surface area contributed by atoms with Crippen LogP contribution < -0.4 is 15.3 Å². The summed E-state index contributed by atoms with van der Waals surface area (Å²) in [6, 6.07) is 8.99. The van der Waals surface area contributed by atoms with Gasteiger partial charge in [-0.25, -0.2) is 18.3 Å². The van der Waals surface area contributed by atoms with Gasteiger partial charge in [0.15, 0.2) is 22.6 Å². The molecule has 5 rings (SSSR count). The maximum Gasteiger partial charge on any atom is 0.459 e. The van der Waals surface area contributed by atoms with E-state index in [0.717, 1.165) is 44.2 Å².